The van der Waals surface area contributed by atoms with Gasteiger partial charge >= 0.3 is 6.09 Å². The van der Waals surface area contributed by atoms with Gasteiger partial charge in [0.25, 0.3) is 11.5 Å². The summed E-state index contributed by atoms with van der Waals surface area (Å²) < 4.78 is 13.7. The van der Waals surface area contributed by atoms with E-state index in [9.17, 15) is 14.4 Å². The van der Waals surface area contributed by atoms with Crippen LogP contribution in [0.2, 0.25) is 0 Å². The van der Waals surface area contributed by atoms with Crippen LogP contribution in [0.25, 0.3) is 16.9 Å². The number of piperazine rings is 1. The van der Waals surface area contributed by atoms with Gasteiger partial charge in [-0.3, -0.25) is 14.5 Å². The number of benzene rings is 1. The van der Waals surface area contributed by atoms with Crippen LogP contribution < -0.4 is 25.4 Å². The minimum atomic E-state index is -0.307. The van der Waals surface area contributed by atoms with Gasteiger partial charge in [0, 0.05) is 50.3 Å². The average molecular weight is 614 g/mol. The van der Waals surface area contributed by atoms with Gasteiger partial charge in [-0.1, -0.05) is 19.1 Å². The van der Waals surface area contributed by atoms with Crippen LogP contribution in [0, 0.1) is 0 Å². The highest BCUT2D eigenvalue weighted by Gasteiger charge is 2.28. The van der Waals surface area contributed by atoms with Gasteiger partial charge in [-0.05, 0) is 49.7 Å². The molecule has 6 rings (SSSR count). The van der Waals surface area contributed by atoms with E-state index in [0.29, 0.717) is 67.1 Å². The number of aromatic nitrogens is 5. The van der Waals surface area contributed by atoms with Gasteiger partial charge in [0.15, 0.2) is 29.6 Å². The fraction of sp³-hybridized carbons (Fsp3) is 0.355. The van der Waals surface area contributed by atoms with Crippen LogP contribution in [0.5, 0.6) is 5.75 Å². The molecule has 45 heavy (non-hydrogen) atoms. The Bertz CT molecular complexity index is 1810. The van der Waals surface area contributed by atoms with Gasteiger partial charge in [0.05, 0.1) is 13.7 Å². The lowest BCUT2D eigenvalue weighted by Crippen LogP contribution is -2.48. The highest BCUT2D eigenvalue weighted by Crippen LogP contribution is 2.32. The minimum absolute atomic E-state index is 0.0399. The van der Waals surface area contributed by atoms with Crippen molar-refractivity contribution in [2.45, 2.75) is 26.8 Å². The molecule has 0 radical (unpaired) electrons. The quantitative estimate of drug-likeness (QED) is 0.294. The number of anilines is 4. The Morgan fingerprint density at radius 3 is 2.56 bits per heavy atom. The van der Waals surface area contributed by atoms with E-state index in [-0.39, 0.29) is 30.7 Å². The zero-order valence-corrected chi connectivity index (χ0v) is 25.5. The number of ether oxygens (including phenoxy) is 2. The van der Waals surface area contributed by atoms with Crippen LogP contribution in [-0.2, 0) is 16.1 Å². The molecular formula is C31H35N9O5. The molecule has 2 aliphatic heterocycles. The van der Waals surface area contributed by atoms with Gasteiger partial charge in [0.2, 0.25) is 5.95 Å². The fourth-order valence-corrected chi connectivity index (χ4v) is 5.49. The van der Waals surface area contributed by atoms with Crippen molar-refractivity contribution in [1.82, 2.24) is 29.2 Å². The number of allylic oxidation sites excluding steroid dienone is 2. The first-order chi connectivity index (χ1) is 21.9. The van der Waals surface area contributed by atoms with E-state index in [1.165, 1.54) is 13.3 Å². The monoisotopic (exact) mass is 613 g/mol. The van der Waals surface area contributed by atoms with E-state index in [0.717, 1.165) is 17.8 Å². The molecule has 5 heterocycles. The maximum absolute atomic E-state index is 13.5. The highest BCUT2D eigenvalue weighted by molar-refractivity contribution is 5.96. The number of carbonyl (C=O) groups is 2. The number of nitrogens with one attached hydrogen (secondary N) is 1. The van der Waals surface area contributed by atoms with Crippen LogP contribution in [0.3, 0.4) is 0 Å². The molecule has 14 nitrogen and oxygen atoms in total. The standard InChI is InChI=1S/C31H35N9O5/c1-4-6-14-39-29(42)23-19-32-30(33-21-7-9-22(10-8-21)36-15-17-37(18-16-36)31(43)44-3)35-27(23)40(39)25-12-11-24-28(34-25)38(13-5-2)26(41)20-45-24/h4,6-12,19H,5,13-18,20H2,1-3H3,(H,32,33,35)/b6-4-. The summed E-state index contributed by atoms with van der Waals surface area (Å²) in [5, 5.41) is 3.58. The smallest absolute Gasteiger partial charge is 0.409 e. The van der Waals surface area contributed by atoms with Gasteiger partial charge in [-0.15, -0.1) is 0 Å². The van der Waals surface area contributed by atoms with Crippen molar-refractivity contribution < 1.29 is 19.1 Å². The van der Waals surface area contributed by atoms with Gasteiger partial charge in [0.1, 0.15) is 5.39 Å². The molecule has 2 amide bonds. The molecule has 3 aromatic heterocycles. The first kappa shape index (κ1) is 29.7. The summed E-state index contributed by atoms with van der Waals surface area (Å²) in [7, 11) is 1.39. The zero-order chi connectivity index (χ0) is 31.5. The van der Waals surface area contributed by atoms with Crippen molar-refractivity contribution in [3.63, 3.8) is 0 Å². The third kappa shape index (κ3) is 5.78. The van der Waals surface area contributed by atoms with Crippen LogP contribution >= 0.6 is 0 Å². The average Bonchev–Trinajstić information content (AvgIpc) is 3.35. The SMILES string of the molecule is C/C=C\Cn1c(=O)c2cnc(Nc3ccc(N4CCN(C(=O)OC)CC4)cc3)nc2n1-c1ccc2c(n1)N(CCC)C(=O)CO2. The van der Waals surface area contributed by atoms with Crippen LogP contribution in [-0.4, -0.2) is 87.7 Å². The fourth-order valence-electron chi connectivity index (χ4n) is 5.49. The number of pyridine rings is 1. The molecule has 0 aliphatic carbocycles. The lowest BCUT2D eigenvalue weighted by atomic mass is 10.2. The van der Waals surface area contributed by atoms with Crippen LogP contribution in [0.1, 0.15) is 20.3 Å². The summed E-state index contributed by atoms with van der Waals surface area (Å²) in [5.41, 5.74) is 1.92. The van der Waals surface area contributed by atoms with E-state index >= 15 is 0 Å². The second-order valence-corrected chi connectivity index (χ2v) is 10.6. The normalized spacial score (nSPS) is 15.0. The minimum Gasteiger partial charge on any atom is -0.480 e. The first-order valence-corrected chi connectivity index (χ1v) is 14.9. The van der Waals surface area contributed by atoms with Crippen molar-refractivity contribution in [3.05, 3.63) is 65.1 Å². The molecule has 14 heteroatoms. The second kappa shape index (κ2) is 12.7. The predicted molar refractivity (Wildman–Crippen MR) is 170 cm³/mol. The van der Waals surface area contributed by atoms with E-state index in [1.54, 1.807) is 31.3 Å². The number of nitrogens with zero attached hydrogens (tertiary/aromatic N) is 8. The Kier molecular flexibility index (Phi) is 8.36. The van der Waals surface area contributed by atoms with E-state index in [2.05, 4.69) is 15.2 Å². The number of carbonyl (C=O) groups excluding carboxylic acids is 2. The lowest BCUT2D eigenvalue weighted by Gasteiger charge is -2.35. The molecular weight excluding hydrogens is 578 g/mol. The molecule has 1 saturated heterocycles. The van der Waals surface area contributed by atoms with Crippen molar-refractivity contribution >= 4 is 46.2 Å². The number of hydrogen-bond acceptors (Lipinski definition) is 10. The molecule has 0 atom stereocenters. The molecule has 2 aliphatic rings. The lowest BCUT2D eigenvalue weighted by molar-refractivity contribution is -0.121. The summed E-state index contributed by atoms with van der Waals surface area (Å²) in [6.45, 7) is 7.22. The maximum atomic E-state index is 13.5. The Morgan fingerprint density at radius 1 is 1.07 bits per heavy atom. The Labute approximate surface area is 259 Å². The summed E-state index contributed by atoms with van der Waals surface area (Å²) in [6, 6.07) is 11.4. The number of amides is 2. The number of fused-ring (bicyclic) bond motifs is 2. The summed E-state index contributed by atoms with van der Waals surface area (Å²) >= 11 is 0. The maximum Gasteiger partial charge on any atom is 0.409 e. The topological polar surface area (TPSA) is 140 Å². The van der Waals surface area contributed by atoms with Crippen LogP contribution in [0.15, 0.2) is 59.5 Å². The van der Waals surface area contributed by atoms with Crippen LogP contribution in [0.4, 0.5) is 27.9 Å². The molecule has 0 unspecified atom stereocenters. The molecule has 4 aromatic rings. The molecule has 234 valence electrons. The van der Waals surface area contributed by atoms with E-state index < -0.39 is 0 Å². The van der Waals surface area contributed by atoms with Gasteiger partial charge in [-0.2, -0.15) is 4.98 Å². The Hall–Kier alpha value is -5.40. The molecule has 1 fully saturated rings. The van der Waals surface area contributed by atoms with Crippen molar-refractivity contribution in [1.29, 1.82) is 0 Å². The van der Waals surface area contributed by atoms with Gasteiger partial charge in [-0.25, -0.2) is 24.1 Å². The molecule has 1 aromatic carbocycles. The molecule has 1 N–H and O–H groups in total. The Morgan fingerprint density at radius 2 is 1.84 bits per heavy atom. The van der Waals surface area contributed by atoms with Crippen molar-refractivity contribution in [2.75, 3.05) is 61.6 Å². The number of methoxy groups -OCH3 is 1. The van der Waals surface area contributed by atoms with E-state index in [4.69, 9.17) is 19.4 Å². The van der Waals surface area contributed by atoms with Gasteiger partial charge < -0.3 is 24.6 Å². The third-order valence-corrected chi connectivity index (χ3v) is 7.79. The molecule has 0 bridgehead atoms. The summed E-state index contributed by atoms with van der Waals surface area (Å²) in [5.74, 6) is 1.49. The number of hydrogen-bond donors (Lipinski definition) is 1. The summed E-state index contributed by atoms with van der Waals surface area (Å²) in [4.78, 5) is 57.5. The van der Waals surface area contributed by atoms with E-state index in [1.807, 2.05) is 50.3 Å². The molecule has 0 spiro atoms. The van der Waals surface area contributed by atoms with Crippen molar-refractivity contribution in [3.8, 4) is 11.6 Å². The molecule has 0 saturated carbocycles. The highest BCUT2D eigenvalue weighted by atomic mass is 16.5. The first-order valence-electron chi connectivity index (χ1n) is 14.9. The third-order valence-electron chi connectivity index (χ3n) is 7.79. The number of rotatable bonds is 8. The van der Waals surface area contributed by atoms with Crippen molar-refractivity contribution in [2.24, 2.45) is 0 Å². The predicted octanol–water partition coefficient (Wildman–Crippen LogP) is 3.32. The second-order valence-electron chi connectivity index (χ2n) is 10.6. The zero-order valence-electron chi connectivity index (χ0n) is 25.5. The summed E-state index contributed by atoms with van der Waals surface area (Å²) in [6.07, 6.45) is 5.70. The largest absolute Gasteiger partial charge is 0.480 e. The Balaban J connectivity index is 1.31.